The zero-order valence-corrected chi connectivity index (χ0v) is 6.39. The molecule has 3 heteroatoms. The van der Waals surface area contributed by atoms with Crippen LogP contribution in [-0.2, 0) is 9.59 Å². The van der Waals surface area contributed by atoms with Gasteiger partial charge in [0, 0.05) is 12.8 Å². The summed E-state index contributed by atoms with van der Waals surface area (Å²) in [6, 6.07) is -0.590. The van der Waals surface area contributed by atoms with E-state index in [0.29, 0.717) is 6.42 Å². The van der Waals surface area contributed by atoms with Gasteiger partial charge in [-0.3, -0.25) is 9.59 Å². The van der Waals surface area contributed by atoms with E-state index in [1.165, 1.54) is 6.92 Å². The molecule has 3 nitrogen and oxygen atoms in total. The molecule has 2 N–H and O–H groups in total. The molecule has 10 heavy (non-hydrogen) atoms. The lowest BCUT2D eigenvalue weighted by molar-refractivity contribution is -0.124. The third-order valence-electron chi connectivity index (χ3n) is 1.36. The molecule has 0 saturated carbocycles. The Bertz CT molecular complexity index is 143. The number of hydrogen-bond donors (Lipinski definition) is 1. The van der Waals surface area contributed by atoms with E-state index >= 15 is 0 Å². The van der Waals surface area contributed by atoms with Crippen molar-refractivity contribution in [2.75, 3.05) is 0 Å². The van der Waals surface area contributed by atoms with Crippen LogP contribution in [0.4, 0.5) is 0 Å². The number of nitrogens with two attached hydrogens (primary N) is 1. The van der Waals surface area contributed by atoms with Crippen molar-refractivity contribution in [3.8, 4) is 0 Å². The summed E-state index contributed by atoms with van der Waals surface area (Å²) in [5.74, 6) is -0.0792. The molecule has 0 aliphatic heterocycles. The molecule has 1 atom stereocenters. The molecule has 0 aromatic rings. The molecule has 1 unspecified atom stereocenters. The zero-order chi connectivity index (χ0) is 8.15. The summed E-state index contributed by atoms with van der Waals surface area (Å²) < 4.78 is 0. The number of hydrogen-bond acceptors (Lipinski definition) is 3. The Hall–Kier alpha value is -0.700. The van der Waals surface area contributed by atoms with Crippen LogP contribution >= 0.6 is 0 Å². The minimum Gasteiger partial charge on any atom is -0.321 e. The molecule has 0 aromatic carbocycles. The minimum atomic E-state index is -0.590. The van der Waals surface area contributed by atoms with E-state index in [1.807, 2.05) is 0 Å². The topological polar surface area (TPSA) is 60.2 Å². The zero-order valence-electron chi connectivity index (χ0n) is 6.39. The predicted molar refractivity (Wildman–Crippen MR) is 38.6 cm³/mol. The molecule has 0 amide bonds. The normalized spacial score (nSPS) is 12.7. The lowest BCUT2D eigenvalue weighted by atomic mass is 10.1. The van der Waals surface area contributed by atoms with Gasteiger partial charge in [0.1, 0.15) is 11.6 Å². The lowest BCUT2D eigenvalue weighted by Crippen LogP contribution is -2.30. The second kappa shape index (κ2) is 4.17. The Morgan fingerprint density at radius 3 is 2.30 bits per heavy atom. The Morgan fingerprint density at radius 1 is 1.50 bits per heavy atom. The molecule has 0 heterocycles. The third-order valence-corrected chi connectivity index (χ3v) is 1.36. The van der Waals surface area contributed by atoms with Crippen LogP contribution in [0.5, 0.6) is 0 Å². The van der Waals surface area contributed by atoms with Crippen molar-refractivity contribution in [1.82, 2.24) is 0 Å². The van der Waals surface area contributed by atoms with E-state index in [2.05, 4.69) is 0 Å². The van der Waals surface area contributed by atoms with Gasteiger partial charge in [-0.05, 0) is 6.92 Å². The highest BCUT2D eigenvalue weighted by Gasteiger charge is 2.11. The molecule has 0 aromatic heterocycles. The summed E-state index contributed by atoms with van der Waals surface area (Å²) in [6.45, 7) is 3.16. The molecule has 0 spiro atoms. The van der Waals surface area contributed by atoms with Gasteiger partial charge in [-0.25, -0.2) is 0 Å². The average molecular weight is 143 g/mol. The Morgan fingerprint density at radius 2 is 2.00 bits per heavy atom. The van der Waals surface area contributed by atoms with E-state index in [-0.39, 0.29) is 18.0 Å². The average Bonchev–Trinajstić information content (AvgIpc) is 1.87. The maximum atomic E-state index is 10.7. The maximum Gasteiger partial charge on any atom is 0.146 e. The molecule has 0 radical (unpaired) electrons. The first kappa shape index (κ1) is 9.30. The highest BCUT2D eigenvalue weighted by Crippen LogP contribution is 1.94. The minimum absolute atomic E-state index is 0.0442. The van der Waals surface area contributed by atoms with Crippen LogP contribution in [0.3, 0.4) is 0 Å². The van der Waals surface area contributed by atoms with Crippen molar-refractivity contribution < 1.29 is 9.59 Å². The molecule has 0 rings (SSSR count). The summed E-state index contributed by atoms with van der Waals surface area (Å²) >= 11 is 0. The molecule has 0 aliphatic carbocycles. The van der Waals surface area contributed by atoms with E-state index in [9.17, 15) is 9.59 Å². The second-order valence-corrected chi connectivity index (χ2v) is 2.31. The highest BCUT2D eigenvalue weighted by atomic mass is 16.1. The largest absolute Gasteiger partial charge is 0.321 e. The van der Waals surface area contributed by atoms with Gasteiger partial charge in [0.2, 0.25) is 0 Å². The van der Waals surface area contributed by atoms with Crippen LogP contribution in [0.25, 0.3) is 0 Å². The molecule has 0 aliphatic rings. The van der Waals surface area contributed by atoms with E-state index in [1.54, 1.807) is 6.92 Å². The SMILES string of the molecule is CCC(=O)CC(N)C(C)=O. The fourth-order valence-corrected chi connectivity index (χ4v) is 0.533. The quantitative estimate of drug-likeness (QED) is 0.614. The van der Waals surface area contributed by atoms with Crippen molar-refractivity contribution in [3.05, 3.63) is 0 Å². The van der Waals surface area contributed by atoms with Crippen molar-refractivity contribution >= 4 is 11.6 Å². The maximum absolute atomic E-state index is 10.7. The number of Topliss-reactive ketones (excluding diaryl/α,β-unsaturated/α-hetero) is 2. The molecular formula is C7H13NO2. The number of rotatable bonds is 4. The number of carbonyl (C=O) groups is 2. The smallest absolute Gasteiger partial charge is 0.146 e. The van der Waals surface area contributed by atoms with Crippen molar-refractivity contribution in [3.63, 3.8) is 0 Å². The summed E-state index contributed by atoms with van der Waals surface area (Å²) in [7, 11) is 0. The number of carbonyl (C=O) groups excluding carboxylic acids is 2. The van der Waals surface area contributed by atoms with Crippen LogP contribution in [0.2, 0.25) is 0 Å². The Balaban J connectivity index is 3.68. The van der Waals surface area contributed by atoms with Crippen molar-refractivity contribution in [2.45, 2.75) is 32.7 Å². The molecular weight excluding hydrogens is 130 g/mol. The van der Waals surface area contributed by atoms with Gasteiger partial charge in [-0.1, -0.05) is 6.92 Å². The first-order valence-electron chi connectivity index (χ1n) is 3.35. The van der Waals surface area contributed by atoms with Gasteiger partial charge >= 0.3 is 0 Å². The van der Waals surface area contributed by atoms with E-state index in [4.69, 9.17) is 5.73 Å². The van der Waals surface area contributed by atoms with Gasteiger partial charge < -0.3 is 5.73 Å². The molecule has 0 bridgehead atoms. The summed E-state index contributed by atoms with van der Waals surface area (Å²) in [5.41, 5.74) is 5.32. The highest BCUT2D eigenvalue weighted by molar-refractivity contribution is 5.88. The Labute approximate surface area is 60.6 Å². The fraction of sp³-hybridized carbons (Fsp3) is 0.714. The monoisotopic (exact) mass is 143 g/mol. The summed E-state index contributed by atoms with van der Waals surface area (Å²) in [6.07, 6.45) is 0.646. The van der Waals surface area contributed by atoms with Gasteiger partial charge in [0.25, 0.3) is 0 Å². The van der Waals surface area contributed by atoms with Crippen LogP contribution in [0.15, 0.2) is 0 Å². The standard InChI is InChI=1S/C7H13NO2/c1-3-6(10)4-7(8)5(2)9/h7H,3-4,8H2,1-2H3. The summed E-state index contributed by atoms with van der Waals surface area (Å²) in [4.78, 5) is 21.2. The molecule has 0 saturated heterocycles. The molecule has 58 valence electrons. The van der Waals surface area contributed by atoms with Gasteiger partial charge in [0.05, 0.1) is 6.04 Å². The fourth-order valence-electron chi connectivity index (χ4n) is 0.533. The van der Waals surface area contributed by atoms with Gasteiger partial charge in [0.15, 0.2) is 0 Å². The van der Waals surface area contributed by atoms with Gasteiger partial charge in [-0.2, -0.15) is 0 Å². The first-order chi connectivity index (χ1) is 4.57. The van der Waals surface area contributed by atoms with Crippen LogP contribution in [-0.4, -0.2) is 17.6 Å². The predicted octanol–water partition coefficient (Wildman–Crippen LogP) is 0.272. The third kappa shape index (κ3) is 3.35. The Kier molecular flexibility index (Phi) is 3.88. The summed E-state index contributed by atoms with van der Waals surface area (Å²) in [5, 5.41) is 0. The van der Waals surface area contributed by atoms with E-state index < -0.39 is 6.04 Å². The lowest BCUT2D eigenvalue weighted by Gasteiger charge is -2.03. The van der Waals surface area contributed by atoms with E-state index in [0.717, 1.165) is 0 Å². The van der Waals surface area contributed by atoms with Crippen molar-refractivity contribution in [2.24, 2.45) is 5.73 Å². The van der Waals surface area contributed by atoms with Crippen LogP contribution in [0.1, 0.15) is 26.7 Å². The van der Waals surface area contributed by atoms with Crippen LogP contribution in [0, 0.1) is 0 Å². The number of ketones is 2. The second-order valence-electron chi connectivity index (χ2n) is 2.31. The first-order valence-corrected chi connectivity index (χ1v) is 3.35. The van der Waals surface area contributed by atoms with Crippen LogP contribution < -0.4 is 5.73 Å². The van der Waals surface area contributed by atoms with Crippen molar-refractivity contribution in [1.29, 1.82) is 0 Å². The van der Waals surface area contributed by atoms with Gasteiger partial charge in [-0.15, -0.1) is 0 Å². The molecule has 0 fully saturated rings.